The van der Waals surface area contributed by atoms with E-state index in [2.05, 4.69) is 37.7 Å². The fraction of sp³-hybridized carbons (Fsp3) is 0.938. The number of likely N-dealkylation sites (N-methyl/N-ethyl adjacent to an activating group) is 1. The number of carbonyl (C=O) groups excluding carboxylic acids is 1. The van der Waals surface area contributed by atoms with Crippen LogP contribution in [0.5, 0.6) is 0 Å². The van der Waals surface area contributed by atoms with E-state index in [1.165, 1.54) is 19.3 Å². The molecule has 1 aliphatic rings. The van der Waals surface area contributed by atoms with Gasteiger partial charge in [0, 0.05) is 18.1 Å². The predicted molar refractivity (Wildman–Crippen MR) is 84.5 cm³/mol. The highest BCUT2D eigenvalue weighted by molar-refractivity contribution is 5.82. The van der Waals surface area contributed by atoms with Crippen LogP contribution >= 0.6 is 0 Å². The quantitative estimate of drug-likeness (QED) is 0.840. The lowest BCUT2D eigenvalue weighted by Gasteiger charge is -2.45. The van der Waals surface area contributed by atoms with Crippen molar-refractivity contribution in [3.8, 4) is 0 Å². The van der Waals surface area contributed by atoms with Crippen LogP contribution in [0.15, 0.2) is 0 Å². The molecule has 1 amide bonds. The van der Waals surface area contributed by atoms with Crippen molar-refractivity contribution in [2.45, 2.75) is 77.5 Å². The standard InChI is InChI=1S/C16H33N3O/c1-11(2)15(17)16(20)19(12(3)4)14-10-8-7-9-13(14)18(5)6/h11-15H,7-10,17H2,1-6H3/t13-,14-,15+/m1/s1. The second-order valence-electron chi connectivity index (χ2n) is 6.99. The molecule has 0 radical (unpaired) electrons. The van der Waals surface area contributed by atoms with Gasteiger partial charge in [-0.25, -0.2) is 0 Å². The van der Waals surface area contributed by atoms with Crippen LogP contribution in [-0.4, -0.2) is 54.0 Å². The molecule has 0 aromatic rings. The largest absolute Gasteiger partial charge is 0.334 e. The molecular weight excluding hydrogens is 250 g/mol. The Bertz CT molecular complexity index is 315. The summed E-state index contributed by atoms with van der Waals surface area (Å²) in [7, 11) is 4.24. The molecule has 0 saturated heterocycles. The van der Waals surface area contributed by atoms with Crippen molar-refractivity contribution < 1.29 is 4.79 Å². The zero-order valence-corrected chi connectivity index (χ0v) is 14.1. The first-order valence-corrected chi connectivity index (χ1v) is 8.01. The summed E-state index contributed by atoms with van der Waals surface area (Å²) in [5.74, 6) is 0.305. The van der Waals surface area contributed by atoms with E-state index in [4.69, 9.17) is 5.73 Å². The molecule has 118 valence electrons. The third kappa shape index (κ3) is 3.95. The van der Waals surface area contributed by atoms with E-state index >= 15 is 0 Å². The van der Waals surface area contributed by atoms with Crippen LogP contribution in [0.4, 0.5) is 0 Å². The Morgan fingerprint density at radius 1 is 1.05 bits per heavy atom. The Morgan fingerprint density at radius 2 is 1.55 bits per heavy atom. The van der Waals surface area contributed by atoms with Crippen molar-refractivity contribution in [3.05, 3.63) is 0 Å². The molecular formula is C16H33N3O. The molecule has 4 heteroatoms. The van der Waals surface area contributed by atoms with Crippen LogP contribution in [0.3, 0.4) is 0 Å². The van der Waals surface area contributed by atoms with Gasteiger partial charge in [0.15, 0.2) is 0 Å². The van der Waals surface area contributed by atoms with Crippen LogP contribution in [0.25, 0.3) is 0 Å². The molecule has 0 aromatic carbocycles. The minimum Gasteiger partial charge on any atom is -0.334 e. The minimum atomic E-state index is -0.387. The third-order valence-corrected chi connectivity index (χ3v) is 4.53. The maximum Gasteiger partial charge on any atom is 0.240 e. The van der Waals surface area contributed by atoms with Gasteiger partial charge in [-0.2, -0.15) is 0 Å². The van der Waals surface area contributed by atoms with Gasteiger partial charge in [0.05, 0.1) is 6.04 Å². The molecule has 3 atom stereocenters. The first-order valence-electron chi connectivity index (χ1n) is 8.01. The van der Waals surface area contributed by atoms with E-state index in [0.717, 1.165) is 6.42 Å². The Morgan fingerprint density at radius 3 is 1.95 bits per heavy atom. The van der Waals surface area contributed by atoms with Gasteiger partial charge in [-0.3, -0.25) is 4.79 Å². The number of rotatable bonds is 5. The Labute approximate surface area is 124 Å². The van der Waals surface area contributed by atoms with Gasteiger partial charge in [0.25, 0.3) is 0 Å². The molecule has 0 heterocycles. The van der Waals surface area contributed by atoms with E-state index < -0.39 is 0 Å². The molecule has 4 nitrogen and oxygen atoms in total. The summed E-state index contributed by atoms with van der Waals surface area (Å²) in [6, 6.07) is 0.575. The molecule has 0 aliphatic heterocycles. The fourth-order valence-electron chi connectivity index (χ4n) is 3.28. The zero-order chi connectivity index (χ0) is 15.4. The molecule has 1 aliphatic carbocycles. The van der Waals surface area contributed by atoms with Crippen molar-refractivity contribution in [1.82, 2.24) is 9.80 Å². The van der Waals surface area contributed by atoms with Crippen molar-refractivity contribution in [2.75, 3.05) is 14.1 Å². The highest BCUT2D eigenvalue weighted by atomic mass is 16.2. The normalized spacial score (nSPS) is 25.3. The molecule has 1 rings (SSSR count). The fourth-order valence-corrected chi connectivity index (χ4v) is 3.28. The maximum atomic E-state index is 12.8. The summed E-state index contributed by atoms with van der Waals surface area (Å²) in [4.78, 5) is 17.1. The van der Waals surface area contributed by atoms with Crippen LogP contribution in [0.2, 0.25) is 0 Å². The van der Waals surface area contributed by atoms with Gasteiger partial charge in [-0.05, 0) is 46.7 Å². The number of amides is 1. The number of carbonyl (C=O) groups is 1. The van der Waals surface area contributed by atoms with Gasteiger partial charge in [-0.1, -0.05) is 26.7 Å². The molecule has 0 aromatic heterocycles. The lowest BCUT2D eigenvalue weighted by molar-refractivity contribution is -0.140. The van der Waals surface area contributed by atoms with E-state index in [0.29, 0.717) is 12.1 Å². The number of nitrogens with two attached hydrogens (primary N) is 1. The van der Waals surface area contributed by atoms with Crippen LogP contribution < -0.4 is 5.73 Å². The summed E-state index contributed by atoms with van der Waals surface area (Å²) in [6.07, 6.45) is 4.74. The highest BCUT2D eigenvalue weighted by Gasteiger charge is 2.37. The topological polar surface area (TPSA) is 49.6 Å². The van der Waals surface area contributed by atoms with Crippen molar-refractivity contribution in [2.24, 2.45) is 11.7 Å². The highest BCUT2D eigenvalue weighted by Crippen LogP contribution is 2.28. The summed E-state index contributed by atoms with van der Waals surface area (Å²) in [6.45, 7) is 8.25. The monoisotopic (exact) mass is 283 g/mol. The van der Waals surface area contributed by atoms with Crippen molar-refractivity contribution >= 4 is 5.91 Å². The number of nitrogens with zero attached hydrogens (tertiary/aromatic N) is 2. The molecule has 0 unspecified atom stereocenters. The summed E-state index contributed by atoms with van der Waals surface area (Å²) >= 11 is 0. The second kappa shape index (κ2) is 7.41. The van der Waals surface area contributed by atoms with Crippen LogP contribution in [0.1, 0.15) is 53.4 Å². The van der Waals surface area contributed by atoms with Gasteiger partial charge < -0.3 is 15.5 Å². The average molecular weight is 283 g/mol. The summed E-state index contributed by atoms with van der Waals surface area (Å²) in [5.41, 5.74) is 6.12. The third-order valence-electron chi connectivity index (χ3n) is 4.53. The number of hydrogen-bond donors (Lipinski definition) is 1. The van der Waals surface area contributed by atoms with E-state index in [9.17, 15) is 4.79 Å². The second-order valence-corrected chi connectivity index (χ2v) is 6.99. The average Bonchev–Trinajstić information content (AvgIpc) is 2.37. The smallest absolute Gasteiger partial charge is 0.240 e. The van der Waals surface area contributed by atoms with Crippen molar-refractivity contribution in [1.29, 1.82) is 0 Å². The molecule has 1 fully saturated rings. The van der Waals surface area contributed by atoms with Crippen molar-refractivity contribution in [3.63, 3.8) is 0 Å². The Kier molecular flexibility index (Phi) is 6.46. The van der Waals surface area contributed by atoms with Gasteiger partial charge in [-0.15, -0.1) is 0 Å². The first kappa shape index (κ1) is 17.4. The van der Waals surface area contributed by atoms with Crippen LogP contribution in [0, 0.1) is 5.92 Å². The zero-order valence-electron chi connectivity index (χ0n) is 14.1. The van der Waals surface area contributed by atoms with Gasteiger partial charge in [0.2, 0.25) is 5.91 Å². The number of hydrogen-bond acceptors (Lipinski definition) is 3. The summed E-state index contributed by atoms with van der Waals surface area (Å²) in [5, 5.41) is 0. The SMILES string of the molecule is CC(C)[C@H](N)C(=O)N(C(C)C)[C@@H]1CCCC[C@H]1N(C)C. The molecule has 1 saturated carbocycles. The van der Waals surface area contributed by atoms with Gasteiger partial charge in [0.1, 0.15) is 0 Å². The van der Waals surface area contributed by atoms with E-state index in [1.54, 1.807) is 0 Å². The summed E-state index contributed by atoms with van der Waals surface area (Å²) < 4.78 is 0. The van der Waals surface area contributed by atoms with Gasteiger partial charge >= 0.3 is 0 Å². The lowest BCUT2D eigenvalue weighted by atomic mass is 9.87. The molecule has 2 N–H and O–H groups in total. The lowest BCUT2D eigenvalue weighted by Crippen LogP contribution is -2.59. The molecule has 20 heavy (non-hydrogen) atoms. The first-order chi connectivity index (χ1) is 9.27. The minimum absolute atomic E-state index is 0.119. The van der Waals surface area contributed by atoms with Crippen LogP contribution in [-0.2, 0) is 4.79 Å². The molecule has 0 bridgehead atoms. The Balaban J connectivity index is 2.96. The van der Waals surface area contributed by atoms with E-state index in [-0.39, 0.29) is 23.9 Å². The maximum absolute atomic E-state index is 12.8. The molecule has 0 spiro atoms. The van der Waals surface area contributed by atoms with E-state index in [1.807, 2.05) is 13.8 Å². The predicted octanol–water partition coefficient (Wildman–Crippen LogP) is 2.08. The Hall–Kier alpha value is -0.610.